The van der Waals surface area contributed by atoms with Gasteiger partial charge in [-0.25, -0.2) is 0 Å². The van der Waals surface area contributed by atoms with Gasteiger partial charge < -0.3 is 14.6 Å². The zero-order chi connectivity index (χ0) is 18.1. The Morgan fingerprint density at radius 1 is 1.12 bits per heavy atom. The number of hydrogen-bond acceptors (Lipinski definition) is 4. The summed E-state index contributed by atoms with van der Waals surface area (Å²) in [5, 5.41) is 3.47. The van der Waals surface area contributed by atoms with E-state index in [2.05, 4.69) is 40.3 Å². The summed E-state index contributed by atoms with van der Waals surface area (Å²) in [5.74, 6) is 0.842. The molecule has 1 unspecified atom stereocenters. The Hall–Kier alpha value is -2.73. The highest BCUT2D eigenvalue weighted by Crippen LogP contribution is 2.25. The van der Waals surface area contributed by atoms with Crippen molar-refractivity contribution in [3.8, 4) is 5.75 Å². The van der Waals surface area contributed by atoms with Crippen molar-refractivity contribution < 1.29 is 14.3 Å². The van der Waals surface area contributed by atoms with Gasteiger partial charge in [-0.1, -0.05) is 24.3 Å². The van der Waals surface area contributed by atoms with Crippen LogP contribution in [0.15, 0.2) is 54.7 Å². The molecule has 5 nitrogen and oxygen atoms in total. The normalized spacial score (nSPS) is 16.9. The summed E-state index contributed by atoms with van der Waals surface area (Å²) in [6.07, 6.45) is 2.57. The minimum Gasteiger partial charge on any atom is -0.497 e. The molecule has 6 heteroatoms. The average Bonchev–Trinajstić information content (AvgIpc) is 3.19. The first-order valence-electron chi connectivity index (χ1n) is 8.36. The summed E-state index contributed by atoms with van der Waals surface area (Å²) < 4.78 is 7.39. The van der Waals surface area contributed by atoms with Crippen LogP contribution in [0.5, 0.6) is 5.75 Å². The van der Waals surface area contributed by atoms with Crippen LogP contribution >= 0.6 is 11.8 Å². The highest BCUT2D eigenvalue weighted by Gasteiger charge is 2.31. The van der Waals surface area contributed by atoms with Crippen molar-refractivity contribution in [1.82, 2.24) is 9.88 Å². The molecule has 0 radical (unpaired) electrons. The molecule has 4 rings (SSSR count). The molecule has 0 aliphatic carbocycles. The van der Waals surface area contributed by atoms with Crippen molar-refractivity contribution in [2.75, 3.05) is 7.11 Å². The van der Waals surface area contributed by atoms with E-state index in [0.29, 0.717) is 6.42 Å². The van der Waals surface area contributed by atoms with Gasteiger partial charge in [-0.15, -0.1) is 0 Å². The van der Waals surface area contributed by atoms with Crippen LogP contribution in [-0.2, 0) is 17.8 Å². The van der Waals surface area contributed by atoms with Crippen molar-refractivity contribution in [1.29, 1.82) is 0 Å². The number of methoxy groups -OCH3 is 1. The largest absolute Gasteiger partial charge is 0.497 e. The second kappa shape index (κ2) is 6.88. The van der Waals surface area contributed by atoms with Crippen LogP contribution in [0.25, 0.3) is 10.9 Å². The molecule has 0 spiro atoms. The van der Waals surface area contributed by atoms with Crippen LogP contribution in [0, 0.1) is 0 Å². The standard InChI is InChI=1S/C20H18N2O3S/c1-25-15-7-5-13(6-8-15)12-22-10-9-16-14(3-2-4-18(16)22)11-17-19(23)26-20(24)21-17/h2-10,17H,11-12H2,1H3,(H,21,24). The number of fused-ring (bicyclic) bond motifs is 1. The Bertz CT molecular complexity index is 978. The van der Waals surface area contributed by atoms with Gasteiger partial charge in [0.05, 0.1) is 7.11 Å². The molecule has 1 N–H and O–H groups in total. The van der Waals surface area contributed by atoms with Gasteiger partial charge >= 0.3 is 0 Å². The maximum Gasteiger partial charge on any atom is 0.287 e. The fourth-order valence-electron chi connectivity index (χ4n) is 3.28. The number of nitrogens with zero attached hydrogens (tertiary/aromatic N) is 1. The average molecular weight is 366 g/mol. The molecule has 0 saturated carbocycles. The maximum atomic E-state index is 11.9. The molecule has 132 valence electrons. The lowest BCUT2D eigenvalue weighted by molar-refractivity contribution is -0.112. The zero-order valence-electron chi connectivity index (χ0n) is 14.3. The summed E-state index contributed by atoms with van der Waals surface area (Å²) in [6, 6.07) is 15.7. The van der Waals surface area contributed by atoms with E-state index in [4.69, 9.17) is 4.74 Å². The Kier molecular flexibility index (Phi) is 4.42. The van der Waals surface area contributed by atoms with Crippen LogP contribution in [0.3, 0.4) is 0 Å². The molecule has 1 saturated heterocycles. The molecule has 2 aromatic carbocycles. The molecule has 1 atom stereocenters. The number of aromatic nitrogens is 1. The third-order valence-electron chi connectivity index (χ3n) is 4.61. The molecule has 2 heterocycles. The van der Waals surface area contributed by atoms with Crippen molar-refractivity contribution in [2.24, 2.45) is 0 Å². The number of rotatable bonds is 5. The van der Waals surface area contributed by atoms with E-state index < -0.39 is 6.04 Å². The smallest absolute Gasteiger partial charge is 0.287 e. The number of hydrogen-bond donors (Lipinski definition) is 1. The van der Waals surface area contributed by atoms with Gasteiger partial charge in [0.25, 0.3) is 5.24 Å². The number of benzene rings is 2. The first-order chi connectivity index (χ1) is 12.6. The minimum absolute atomic E-state index is 0.107. The number of thioether (sulfide) groups is 1. The molecule has 1 fully saturated rings. The predicted molar refractivity (Wildman–Crippen MR) is 103 cm³/mol. The van der Waals surface area contributed by atoms with E-state index in [9.17, 15) is 9.59 Å². The summed E-state index contributed by atoms with van der Waals surface area (Å²) in [4.78, 5) is 23.3. The first kappa shape index (κ1) is 16.7. The summed E-state index contributed by atoms with van der Waals surface area (Å²) in [6.45, 7) is 0.756. The fourth-order valence-corrected chi connectivity index (χ4v) is 3.95. The minimum atomic E-state index is -0.442. The monoisotopic (exact) mass is 366 g/mol. The highest BCUT2D eigenvalue weighted by molar-refractivity contribution is 8.26. The van der Waals surface area contributed by atoms with Gasteiger partial charge in [-0.3, -0.25) is 9.59 Å². The topological polar surface area (TPSA) is 60.3 Å². The van der Waals surface area contributed by atoms with Crippen LogP contribution < -0.4 is 10.1 Å². The number of carbonyl (C=O) groups excluding carboxylic acids is 2. The Morgan fingerprint density at radius 3 is 2.62 bits per heavy atom. The van der Waals surface area contributed by atoms with Gasteiger partial charge in [0.2, 0.25) is 5.12 Å². The van der Waals surface area contributed by atoms with Gasteiger partial charge in [0, 0.05) is 41.8 Å². The fraction of sp³-hybridized carbons (Fsp3) is 0.200. The summed E-state index contributed by atoms with van der Waals surface area (Å²) >= 11 is 0.759. The molecule has 1 aliphatic heterocycles. The first-order valence-corrected chi connectivity index (χ1v) is 9.17. The van der Waals surface area contributed by atoms with E-state index in [1.54, 1.807) is 7.11 Å². The van der Waals surface area contributed by atoms with Gasteiger partial charge in [-0.2, -0.15) is 0 Å². The van der Waals surface area contributed by atoms with E-state index in [-0.39, 0.29) is 10.4 Å². The Labute approximate surface area is 155 Å². The third kappa shape index (κ3) is 3.20. The highest BCUT2D eigenvalue weighted by atomic mass is 32.2. The third-order valence-corrected chi connectivity index (χ3v) is 5.40. The summed E-state index contributed by atoms with van der Waals surface area (Å²) in [5.41, 5.74) is 3.36. The van der Waals surface area contributed by atoms with Crippen molar-refractivity contribution in [2.45, 2.75) is 19.0 Å². The predicted octanol–water partition coefficient (Wildman–Crippen LogP) is 3.59. The number of ether oxygens (including phenoxy) is 1. The molecule has 1 amide bonds. The number of amides is 1. The Balaban J connectivity index is 1.60. The zero-order valence-corrected chi connectivity index (χ0v) is 15.1. The SMILES string of the molecule is COc1ccc(Cn2ccc3c(CC4NC(=O)SC4=O)cccc32)cc1. The summed E-state index contributed by atoms with van der Waals surface area (Å²) in [7, 11) is 1.66. The van der Waals surface area contributed by atoms with Crippen LogP contribution in [0.1, 0.15) is 11.1 Å². The molecule has 1 aliphatic rings. The Morgan fingerprint density at radius 2 is 1.92 bits per heavy atom. The van der Waals surface area contributed by atoms with Gasteiger partial charge in [0.1, 0.15) is 11.8 Å². The molecule has 0 bridgehead atoms. The van der Waals surface area contributed by atoms with Crippen LogP contribution in [-0.4, -0.2) is 28.1 Å². The van der Waals surface area contributed by atoms with E-state index >= 15 is 0 Å². The lowest BCUT2D eigenvalue weighted by atomic mass is 10.0. The van der Waals surface area contributed by atoms with Crippen LogP contribution in [0.2, 0.25) is 0 Å². The van der Waals surface area contributed by atoms with Gasteiger partial charge in [0.15, 0.2) is 0 Å². The van der Waals surface area contributed by atoms with E-state index in [1.165, 1.54) is 5.56 Å². The maximum absolute atomic E-state index is 11.9. The van der Waals surface area contributed by atoms with Crippen molar-refractivity contribution in [3.05, 3.63) is 65.9 Å². The van der Waals surface area contributed by atoms with Crippen molar-refractivity contribution in [3.63, 3.8) is 0 Å². The molecular weight excluding hydrogens is 348 g/mol. The van der Waals surface area contributed by atoms with Gasteiger partial charge in [-0.05, 0) is 35.4 Å². The molecule has 26 heavy (non-hydrogen) atoms. The lowest BCUT2D eigenvalue weighted by Gasteiger charge is -2.10. The molecular formula is C20H18N2O3S. The molecule has 1 aromatic heterocycles. The van der Waals surface area contributed by atoms with E-state index in [0.717, 1.165) is 40.5 Å². The quantitative estimate of drug-likeness (QED) is 0.750. The number of nitrogens with one attached hydrogen (secondary N) is 1. The second-order valence-electron chi connectivity index (χ2n) is 6.25. The lowest BCUT2D eigenvalue weighted by Crippen LogP contribution is -2.30. The van der Waals surface area contributed by atoms with E-state index in [1.807, 2.05) is 24.3 Å². The van der Waals surface area contributed by atoms with Crippen LogP contribution in [0.4, 0.5) is 4.79 Å². The van der Waals surface area contributed by atoms with Crippen molar-refractivity contribution >= 4 is 33.0 Å². The second-order valence-corrected chi connectivity index (χ2v) is 7.23. The number of carbonyl (C=O) groups is 2. The molecule has 3 aromatic rings.